The van der Waals surface area contributed by atoms with Crippen molar-refractivity contribution >= 4 is 17.7 Å². The number of carbonyl (C=O) groups excluding carboxylic acids is 3. The molecule has 0 saturated carbocycles. The summed E-state index contributed by atoms with van der Waals surface area (Å²) in [6.07, 6.45) is 0.545. The maximum atomic E-state index is 12.1. The van der Waals surface area contributed by atoms with Gasteiger partial charge in [0.05, 0.1) is 20.3 Å². The number of imide groups is 1. The lowest BCUT2D eigenvalue weighted by molar-refractivity contribution is -0.138. The largest absolute Gasteiger partial charge is 0.497 e. The summed E-state index contributed by atoms with van der Waals surface area (Å²) in [5, 5.41) is 2.85. The van der Waals surface area contributed by atoms with Crippen LogP contribution in [0, 0.1) is 0 Å². The number of hydrogen-bond donors (Lipinski definition) is 1. The van der Waals surface area contributed by atoms with Crippen molar-refractivity contribution in [3.8, 4) is 11.5 Å². The number of ether oxygens (including phenoxy) is 2. The monoisotopic (exact) mass is 334 g/mol. The van der Waals surface area contributed by atoms with Crippen LogP contribution < -0.4 is 14.8 Å². The topological polar surface area (TPSA) is 84.9 Å². The van der Waals surface area contributed by atoms with Gasteiger partial charge in [-0.2, -0.15) is 0 Å². The molecule has 7 nitrogen and oxygen atoms in total. The fourth-order valence-corrected chi connectivity index (χ4v) is 2.65. The minimum atomic E-state index is -0.299. The minimum absolute atomic E-state index is 0.0775. The average Bonchev–Trinajstić information content (AvgIpc) is 2.90. The Morgan fingerprint density at radius 1 is 1.21 bits per heavy atom. The number of nitrogens with zero attached hydrogens (tertiary/aromatic N) is 1. The van der Waals surface area contributed by atoms with Gasteiger partial charge in [-0.1, -0.05) is 0 Å². The number of amides is 3. The van der Waals surface area contributed by atoms with Crippen molar-refractivity contribution in [2.24, 2.45) is 0 Å². The van der Waals surface area contributed by atoms with E-state index in [0.717, 1.165) is 10.5 Å². The average molecular weight is 334 g/mol. The molecule has 0 aliphatic carbocycles. The summed E-state index contributed by atoms with van der Waals surface area (Å²) in [6.45, 7) is 1.95. The van der Waals surface area contributed by atoms with Gasteiger partial charge in [-0.3, -0.25) is 19.3 Å². The van der Waals surface area contributed by atoms with Crippen molar-refractivity contribution in [1.29, 1.82) is 0 Å². The van der Waals surface area contributed by atoms with Crippen molar-refractivity contribution < 1.29 is 23.9 Å². The Labute approximate surface area is 140 Å². The van der Waals surface area contributed by atoms with Crippen molar-refractivity contribution in [2.75, 3.05) is 20.8 Å². The number of methoxy groups -OCH3 is 2. The van der Waals surface area contributed by atoms with Crippen molar-refractivity contribution in [3.05, 3.63) is 23.8 Å². The molecule has 1 aliphatic heterocycles. The molecule has 2 rings (SSSR count). The first-order valence-electron chi connectivity index (χ1n) is 7.80. The van der Waals surface area contributed by atoms with E-state index < -0.39 is 0 Å². The fourth-order valence-electron chi connectivity index (χ4n) is 2.65. The highest BCUT2D eigenvalue weighted by Crippen LogP contribution is 2.29. The molecule has 130 valence electrons. The molecule has 0 radical (unpaired) electrons. The lowest BCUT2D eigenvalue weighted by atomic mass is 10.1. The van der Waals surface area contributed by atoms with Crippen LogP contribution >= 0.6 is 0 Å². The number of hydrogen-bond acceptors (Lipinski definition) is 5. The van der Waals surface area contributed by atoms with E-state index in [1.807, 2.05) is 6.92 Å². The van der Waals surface area contributed by atoms with Crippen LogP contribution in [0.4, 0.5) is 0 Å². The normalized spacial score (nSPS) is 15.4. The summed E-state index contributed by atoms with van der Waals surface area (Å²) >= 11 is 0. The molecule has 1 heterocycles. The second-order valence-electron chi connectivity index (χ2n) is 5.59. The minimum Gasteiger partial charge on any atom is -0.497 e. The Kier molecular flexibility index (Phi) is 5.78. The summed E-state index contributed by atoms with van der Waals surface area (Å²) in [5.41, 5.74) is 0.790. The standard InChI is InChI=1S/C17H22N2O5/c1-11(13-10-12(23-2)4-5-14(13)24-3)18-15(20)8-9-19-16(21)6-7-17(19)22/h4-5,10-11H,6-9H2,1-3H3,(H,18,20)/t11-/m0/s1. The molecular formula is C17H22N2O5. The molecule has 0 unspecified atom stereocenters. The second-order valence-corrected chi connectivity index (χ2v) is 5.59. The SMILES string of the molecule is COc1ccc(OC)c([C@H](C)NC(=O)CCN2C(=O)CCC2=O)c1. The van der Waals surface area contributed by atoms with Crippen molar-refractivity contribution in [2.45, 2.75) is 32.2 Å². The summed E-state index contributed by atoms with van der Waals surface area (Å²) in [6, 6.07) is 5.06. The van der Waals surface area contributed by atoms with Gasteiger partial charge in [0, 0.05) is 31.4 Å². The first kappa shape index (κ1) is 17.8. The molecule has 24 heavy (non-hydrogen) atoms. The van der Waals surface area contributed by atoms with Gasteiger partial charge >= 0.3 is 0 Å². The molecule has 1 saturated heterocycles. The van der Waals surface area contributed by atoms with Gasteiger partial charge in [-0.05, 0) is 25.1 Å². The van der Waals surface area contributed by atoms with Crippen LogP contribution in [0.2, 0.25) is 0 Å². The zero-order valence-corrected chi connectivity index (χ0v) is 14.1. The van der Waals surface area contributed by atoms with E-state index in [0.29, 0.717) is 11.5 Å². The van der Waals surface area contributed by atoms with Crippen LogP contribution in [0.3, 0.4) is 0 Å². The van der Waals surface area contributed by atoms with Crippen molar-refractivity contribution in [1.82, 2.24) is 10.2 Å². The van der Waals surface area contributed by atoms with Crippen LogP contribution in [0.5, 0.6) is 11.5 Å². The molecule has 1 N–H and O–H groups in total. The van der Waals surface area contributed by atoms with E-state index in [-0.39, 0.29) is 49.6 Å². The van der Waals surface area contributed by atoms with E-state index in [1.165, 1.54) is 0 Å². The van der Waals surface area contributed by atoms with Gasteiger partial charge in [0.2, 0.25) is 17.7 Å². The maximum absolute atomic E-state index is 12.1. The third kappa shape index (κ3) is 4.04. The molecule has 0 aromatic heterocycles. The second kappa shape index (κ2) is 7.81. The number of carbonyl (C=O) groups is 3. The summed E-state index contributed by atoms with van der Waals surface area (Å²) in [7, 11) is 3.13. The van der Waals surface area contributed by atoms with Gasteiger partial charge in [-0.25, -0.2) is 0 Å². The number of rotatable bonds is 7. The van der Waals surface area contributed by atoms with Crippen LogP contribution in [0.25, 0.3) is 0 Å². The molecule has 1 atom stereocenters. The first-order valence-corrected chi connectivity index (χ1v) is 7.80. The molecule has 1 aromatic carbocycles. The van der Waals surface area contributed by atoms with Crippen LogP contribution in [0.1, 0.15) is 37.8 Å². The summed E-state index contributed by atoms with van der Waals surface area (Å²) in [4.78, 5) is 36.3. The first-order chi connectivity index (χ1) is 11.5. The Morgan fingerprint density at radius 2 is 1.88 bits per heavy atom. The van der Waals surface area contributed by atoms with E-state index >= 15 is 0 Å². The van der Waals surface area contributed by atoms with Gasteiger partial charge in [-0.15, -0.1) is 0 Å². The Balaban J connectivity index is 1.96. The van der Waals surface area contributed by atoms with Crippen molar-refractivity contribution in [3.63, 3.8) is 0 Å². The zero-order valence-electron chi connectivity index (χ0n) is 14.1. The van der Waals surface area contributed by atoms with E-state index in [1.54, 1.807) is 32.4 Å². The highest BCUT2D eigenvalue weighted by atomic mass is 16.5. The zero-order chi connectivity index (χ0) is 17.7. The predicted octanol–water partition coefficient (Wildman–Crippen LogP) is 1.42. The molecule has 7 heteroatoms. The number of benzene rings is 1. The lowest BCUT2D eigenvalue weighted by Gasteiger charge is -2.19. The molecule has 0 bridgehead atoms. The van der Waals surface area contributed by atoms with Gasteiger partial charge in [0.25, 0.3) is 0 Å². The molecular weight excluding hydrogens is 312 g/mol. The van der Waals surface area contributed by atoms with Gasteiger partial charge < -0.3 is 14.8 Å². The van der Waals surface area contributed by atoms with Crippen LogP contribution in [0.15, 0.2) is 18.2 Å². The summed E-state index contributed by atoms with van der Waals surface area (Å²) in [5.74, 6) is 0.652. The van der Waals surface area contributed by atoms with E-state index in [2.05, 4.69) is 5.32 Å². The quantitative estimate of drug-likeness (QED) is 0.762. The Hall–Kier alpha value is -2.57. The smallest absolute Gasteiger partial charge is 0.229 e. The van der Waals surface area contributed by atoms with E-state index in [9.17, 15) is 14.4 Å². The highest BCUT2D eigenvalue weighted by molar-refractivity contribution is 6.02. The molecule has 1 aliphatic rings. The van der Waals surface area contributed by atoms with Gasteiger partial charge in [0.1, 0.15) is 11.5 Å². The molecule has 1 aromatic rings. The fraction of sp³-hybridized carbons (Fsp3) is 0.471. The maximum Gasteiger partial charge on any atom is 0.229 e. The third-order valence-corrected chi connectivity index (χ3v) is 4.00. The number of likely N-dealkylation sites (tertiary alicyclic amines) is 1. The molecule has 0 spiro atoms. The Bertz CT molecular complexity index is 628. The Morgan fingerprint density at radius 3 is 2.46 bits per heavy atom. The summed E-state index contributed by atoms with van der Waals surface area (Å²) < 4.78 is 10.5. The van der Waals surface area contributed by atoms with E-state index in [4.69, 9.17) is 9.47 Å². The van der Waals surface area contributed by atoms with Crippen LogP contribution in [-0.2, 0) is 14.4 Å². The van der Waals surface area contributed by atoms with Crippen LogP contribution in [-0.4, -0.2) is 43.4 Å². The number of nitrogens with one attached hydrogen (secondary N) is 1. The lowest BCUT2D eigenvalue weighted by Crippen LogP contribution is -2.35. The highest BCUT2D eigenvalue weighted by Gasteiger charge is 2.29. The van der Waals surface area contributed by atoms with Gasteiger partial charge in [0.15, 0.2) is 0 Å². The predicted molar refractivity (Wildman–Crippen MR) is 86.7 cm³/mol. The molecule has 1 fully saturated rings. The third-order valence-electron chi connectivity index (χ3n) is 4.00. The molecule has 3 amide bonds.